The molecule has 2 aromatic heterocycles. The van der Waals surface area contributed by atoms with Crippen molar-refractivity contribution in [2.75, 3.05) is 0 Å². The average molecular weight is 552 g/mol. The molecule has 0 amide bonds. The molecule has 0 aliphatic rings. The monoisotopic (exact) mass is 551 g/mol. The molecule has 2 heterocycles. The minimum Gasteiger partial charge on any atom is -0.309 e. The maximum atomic E-state index is 10.3. The third-order valence-corrected chi connectivity index (χ3v) is 9.24. The van der Waals surface area contributed by atoms with E-state index in [4.69, 9.17) is 0 Å². The highest BCUT2D eigenvalue weighted by atomic mass is 32.1. The summed E-state index contributed by atoms with van der Waals surface area (Å²) in [7, 11) is 0. The molecule has 0 bridgehead atoms. The van der Waals surface area contributed by atoms with Gasteiger partial charge in [-0.3, -0.25) is 0 Å². The highest BCUT2D eigenvalue weighted by Crippen LogP contribution is 2.43. The van der Waals surface area contributed by atoms with Gasteiger partial charge in [-0.1, -0.05) is 72.8 Å². The summed E-state index contributed by atoms with van der Waals surface area (Å²) in [6.45, 7) is 0. The highest BCUT2D eigenvalue weighted by Gasteiger charge is 2.19. The average Bonchev–Trinajstić information content (AvgIpc) is 3.59. The molecule has 3 nitrogen and oxygen atoms in total. The summed E-state index contributed by atoms with van der Waals surface area (Å²) in [4.78, 5) is 0. The lowest BCUT2D eigenvalue weighted by molar-refractivity contribution is 1.18. The van der Waals surface area contributed by atoms with Gasteiger partial charge in [-0.05, 0) is 65.7 Å². The van der Waals surface area contributed by atoms with E-state index < -0.39 is 0 Å². The van der Waals surface area contributed by atoms with Crippen LogP contribution in [0.1, 0.15) is 11.1 Å². The van der Waals surface area contributed by atoms with Gasteiger partial charge in [0.25, 0.3) is 0 Å². The standard InChI is InChI=1S/C38H21N3S/c39-22-24-16-18-36-31(20-24)32-21-25(17-19-37(32)42-36)38-26(23-40)8-7-12-30(38)29-11-3-6-15-35(29)41-33-13-4-1-9-27(33)28-10-2-5-14-34(28)41/h1-21H. The van der Waals surface area contributed by atoms with Gasteiger partial charge >= 0.3 is 0 Å². The second-order valence-corrected chi connectivity index (χ2v) is 11.4. The zero-order chi connectivity index (χ0) is 28.2. The van der Waals surface area contributed by atoms with Crippen molar-refractivity contribution in [1.29, 1.82) is 10.5 Å². The maximum Gasteiger partial charge on any atom is 0.0998 e. The number of fused-ring (bicyclic) bond motifs is 6. The molecule has 0 N–H and O–H groups in total. The SMILES string of the molecule is N#Cc1ccc2sc3ccc(-c4c(C#N)cccc4-c4ccccc4-n4c5ccccc5c5ccccc54)cc3c2c1. The fourth-order valence-corrected chi connectivity index (χ4v) is 7.33. The van der Waals surface area contributed by atoms with E-state index in [0.29, 0.717) is 11.1 Å². The fourth-order valence-electron chi connectivity index (χ4n) is 6.26. The number of benzene rings is 6. The topological polar surface area (TPSA) is 52.5 Å². The van der Waals surface area contributed by atoms with Crippen LogP contribution in [0.3, 0.4) is 0 Å². The van der Waals surface area contributed by atoms with Crippen LogP contribution in [0.5, 0.6) is 0 Å². The molecule has 6 aromatic carbocycles. The number of para-hydroxylation sites is 3. The molecule has 0 aliphatic heterocycles. The van der Waals surface area contributed by atoms with Crippen LogP contribution < -0.4 is 0 Å². The Kier molecular flexibility index (Phi) is 5.44. The van der Waals surface area contributed by atoms with E-state index in [1.165, 1.54) is 10.8 Å². The summed E-state index contributed by atoms with van der Waals surface area (Å²) >= 11 is 1.72. The molecule has 0 atom stereocenters. The number of nitriles is 2. The van der Waals surface area contributed by atoms with Crippen LogP contribution in [0.4, 0.5) is 0 Å². The van der Waals surface area contributed by atoms with Crippen molar-refractivity contribution >= 4 is 53.3 Å². The normalized spacial score (nSPS) is 11.3. The summed E-state index contributed by atoms with van der Waals surface area (Å²) in [6, 6.07) is 48.5. The van der Waals surface area contributed by atoms with Crippen LogP contribution >= 0.6 is 11.3 Å². The minimum absolute atomic E-state index is 0.626. The predicted octanol–water partition coefficient (Wildman–Crippen LogP) is 10.2. The van der Waals surface area contributed by atoms with Gasteiger partial charge in [0.2, 0.25) is 0 Å². The van der Waals surface area contributed by atoms with Crippen LogP contribution in [-0.4, -0.2) is 4.57 Å². The first-order valence-corrected chi connectivity index (χ1v) is 14.5. The summed E-state index contributed by atoms with van der Waals surface area (Å²) in [5.41, 5.74) is 8.56. The smallest absolute Gasteiger partial charge is 0.0998 e. The zero-order valence-corrected chi connectivity index (χ0v) is 23.2. The van der Waals surface area contributed by atoms with Crippen molar-refractivity contribution in [2.45, 2.75) is 0 Å². The van der Waals surface area contributed by atoms with Crippen molar-refractivity contribution in [3.63, 3.8) is 0 Å². The van der Waals surface area contributed by atoms with Crippen LogP contribution in [0.25, 0.3) is 69.9 Å². The molecule has 0 aliphatic carbocycles. The van der Waals surface area contributed by atoms with Gasteiger partial charge in [0.05, 0.1) is 40.0 Å². The van der Waals surface area contributed by atoms with Crippen molar-refractivity contribution in [2.24, 2.45) is 0 Å². The summed E-state index contributed by atoms with van der Waals surface area (Å²) in [6.07, 6.45) is 0. The Hall–Kier alpha value is -5.68. The molecular formula is C38H21N3S. The third kappa shape index (κ3) is 3.57. The van der Waals surface area contributed by atoms with Crippen molar-refractivity contribution in [1.82, 2.24) is 4.57 Å². The van der Waals surface area contributed by atoms with E-state index in [0.717, 1.165) is 59.1 Å². The van der Waals surface area contributed by atoms with Gasteiger partial charge in [-0.25, -0.2) is 0 Å². The van der Waals surface area contributed by atoms with Gasteiger partial charge in [0, 0.05) is 42.1 Å². The molecule has 8 aromatic rings. The number of hydrogen-bond acceptors (Lipinski definition) is 3. The quantitative estimate of drug-likeness (QED) is 0.219. The number of thiophene rings is 1. The maximum absolute atomic E-state index is 10.3. The molecule has 0 unspecified atom stereocenters. The number of aromatic nitrogens is 1. The van der Waals surface area contributed by atoms with Crippen LogP contribution in [0, 0.1) is 22.7 Å². The van der Waals surface area contributed by atoms with Crippen LogP contribution in [0.15, 0.2) is 127 Å². The lowest BCUT2D eigenvalue weighted by Crippen LogP contribution is -1.99. The van der Waals surface area contributed by atoms with Gasteiger partial charge in [-0.2, -0.15) is 10.5 Å². The van der Waals surface area contributed by atoms with E-state index in [1.54, 1.807) is 11.3 Å². The summed E-state index contributed by atoms with van der Waals surface area (Å²) in [5, 5.41) is 24.4. The Labute approximate surface area is 246 Å². The Bertz CT molecular complexity index is 2390. The summed E-state index contributed by atoms with van der Waals surface area (Å²) < 4.78 is 4.64. The van der Waals surface area contributed by atoms with E-state index in [9.17, 15) is 10.5 Å². The lowest BCUT2D eigenvalue weighted by atomic mass is 9.89. The fraction of sp³-hybridized carbons (Fsp3) is 0. The van der Waals surface area contributed by atoms with E-state index in [2.05, 4.69) is 114 Å². The van der Waals surface area contributed by atoms with Crippen molar-refractivity contribution < 1.29 is 0 Å². The molecule has 0 saturated carbocycles. The molecule has 0 radical (unpaired) electrons. The van der Waals surface area contributed by atoms with Gasteiger partial charge in [0.15, 0.2) is 0 Å². The second-order valence-electron chi connectivity index (χ2n) is 10.4. The molecule has 194 valence electrons. The first-order chi connectivity index (χ1) is 20.7. The summed E-state index contributed by atoms with van der Waals surface area (Å²) in [5.74, 6) is 0. The third-order valence-electron chi connectivity index (χ3n) is 8.09. The highest BCUT2D eigenvalue weighted by molar-refractivity contribution is 7.25. The number of hydrogen-bond donors (Lipinski definition) is 0. The molecular weight excluding hydrogens is 531 g/mol. The van der Waals surface area contributed by atoms with Gasteiger partial charge < -0.3 is 4.57 Å². The van der Waals surface area contributed by atoms with E-state index >= 15 is 0 Å². The van der Waals surface area contributed by atoms with Gasteiger partial charge in [-0.15, -0.1) is 11.3 Å². The molecule has 42 heavy (non-hydrogen) atoms. The van der Waals surface area contributed by atoms with Crippen LogP contribution in [-0.2, 0) is 0 Å². The Morgan fingerprint density at radius 1 is 0.524 bits per heavy atom. The van der Waals surface area contributed by atoms with Crippen molar-refractivity contribution in [3.05, 3.63) is 139 Å². The minimum atomic E-state index is 0.626. The molecule has 4 heteroatoms. The largest absolute Gasteiger partial charge is 0.309 e. The second kappa shape index (κ2) is 9.46. The van der Waals surface area contributed by atoms with Crippen LogP contribution in [0.2, 0.25) is 0 Å². The Balaban J connectivity index is 1.42. The molecule has 0 spiro atoms. The Morgan fingerprint density at radius 2 is 1.17 bits per heavy atom. The Morgan fingerprint density at radius 3 is 1.90 bits per heavy atom. The molecule has 0 saturated heterocycles. The van der Waals surface area contributed by atoms with Gasteiger partial charge in [0.1, 0.15) is 0 Å². The first kappa shape index (κ1) is 24.1. The first-order valence-electron chi connectivity index (χ1n) is 13.7. The number of rotatable bonds is 3. The lowest BCUT2D eigenvalue weighted by Gasteiger charge is -2.18. The zero-order valence-electron chi connectivity index (χ0n) is 22.4. The van der Waals surface area contributed by atoms with E-state index in [1.807, 2.05) is 30.3 Å². The molecule has 0 fully saturated rings. The van der Waals surface area contributed by atoms with E-state index in [-0.39, 0.29) is 0 Å². The number of nitrogens with zero attached hydrogens (tertiary/aromatic N) is 3. The predicted molar refractivity (Wildman–Crippen MR) is 174 cm³/mol. The molecule has 8 rings (SSSR count). The van der Waals surface area contributed by atoms with Crippen molar-refractivity contribution in [3.8, 4) is 40.1 Å².